The van der Waals surface area contributed by atoms with E-state index in [0.29, 0.717) is 0 Å². The summed E-state index contributed by atoms with van der Waals surface area (Å²) in [4.78, 5) is 0. The fourth-order valence-electron chi connectivity index (χ4n) is 4.89. The average molecular weight is 431 g/mol. The Morgan fingerprint density at radius 3 is 1.19 bits per heavy atom. The van der Waals surface area contributed by atoms with Crippen molar-refractivity contribution in [1.82, 2.24) is 0 Å². The third kappa shape index (κ3) is 8.62. The Bertz CT molecular complexity index is 725. The first-order valence-corrected chi connectivity index (χ1v) is 12.9. The molecule has 0 N–H and O–H groups in total. The molecule has 0 aliphatic heterocycles. The van der Waals surface area contributed by atoms with E-state index in [4.69, 9.17) is 0 Å². The van der Waals surface area contributed by atoms with Crippen LogP contribution in [0.5, 0.6) is 0 Å². The summed E-state index contributed by atoms with van der Waals surface area (Å²) in [5.74, 6) is 0. The van der Waals surface area contributed by atoms with Crippen LogP contribution < -0.4 is 0 Å². The van der Waals surface area contributed by atoms with Gasteiger partial charge in [-0.1, -0.05) is 123 Å². The normalized spacial score (nSPS) is 11.5. The molecule has 0 radical (unpaired) electrons. The van der Waals surface area contributed by atoms with E-state index in [0.717, 1.165) is 19.3 Å². The molecule has 0 spiro atoms. The van der Waals surface area contributed by atoms with Gasteiger partial charge in [0, 0.05) is 0 Å². The second-order valence-corrected chi connectivity index (χ2v) is 9.72. The zero-order valence-electron chi connectivity index (χ0n) is 19.0. The van der Waals surface area contributed by atoms with E-state index in [2.05, 4.69) is 100 Å². The lowest BCUT2D eigenvalue weighted by atomic mass is 9.69. The van der Waals surface area contributed by atoms with Gasteiger partial charge < -0.3 is 0 Å². The van der Waals surface area contributed by atoms with Crippen LogP contribution in [0, 0.1) is 5.41 Å². The van der Waals surface area contributed by atoms with E-state index < -0.39 is 0 Å². The van der Waals surface area contributed by atoms with Crippen LogP contribution in [-0.4, -0.2) is 6.16 Å². The summed E-state index contributed by atoms with van der Waals surface area (Å²) in [5.41, 5.74) is 4.66. The average Bonchev–Trinajstić information content (AvgIpc) is 2.80. The van der Waals surface area contributed by atoms with Crippen LogP contribution in [0.3, 0.4) is 0 Å². The largest absolute Gasteiger partial charge is 0.138 e. The standard InChI is InChI=1S/C30H39P/c31-23-15-4-2-1-3-14-22-30(24-27-16-8-5-9-17-27,25-28-18-10-6-11-19-28)26-29-20-12-7-13-21-29/h5-13,16-21H,1-4,14-15,22-26,31H2. The molecular formula is C30H39P. The summed E-state index contributed by atoms with van der Waals surface area (Å²) in [5, 5.41) is 0. The highest BCUT2D eigenvalue weighted by molar-refractivity contribution is 7.16. The summed E-state index contributed by atoms with van der Waals surface area (Å²) in [6.07, 6.45) is 14.1. The molecule has 0 bridgehead atoms. The van der Waals surface area contributed by atoms with Crippen molar-refractivity contribution in [2.75, 3.05) is 6.16 Å². The number of rotatable bonds is 14. The molecule has 31 heavy (non-hydrogen) atoms. The molecule has 1 unspecified atom stereocenters. The first-order valence-electron chi connectivity index (χ1n) is 12.1. The van der Waals surface area contributed by atoms with Gasteiger partial charge in [0.1, 0.15) is 0 Å². The predicted octanol–water partition coefficient (Wildman–Crippen LogP) is 8.31. The van der Waals surface area contributed by atoms with Crippen molar-refractivity contribution >= 4 is 9.24 Å². The summed E-state index contributed by atoms with van der Waals surface area (Å²) < 4.78 is 0. The molecule has 0 amide bonds. The zero-order chi connectivity index (χ0) is 21.6. The van der Waals surface area contributed by atoms with E-state index in [9.17, 15) is 0 Å². The molecule has 1 atom stereocenters. The van der Waals surface area contributed by atoms with Gasteiger partial charge in [-0.05, 0) is 60.4 Å². The maximum absolute atomic E-state index is 2.86. The molecule has 0 fully saturated rings. The number of unbranched alkanes of at least 4 members (excludes halogenated alkanes) is 5. The van der Waals surface area contributed by atoms with Crippen LogP contribution >= 0.6 is 9.24 Å². The third-order valence-corrected chi connectivity index (χ3v) is 6.84. The molecule has 0 nitrogen and oxygen atoms in total. The van der Waals surface area contributed by atoms with Crippen molar-refractivity contribution in [2.45, 2.75) is 64.2 Å². The fraction of sp³-hybridized carbons (Fsp3) is 0.400. The summed E-state index contributed by atoms with van der Waals surface area (Å²) in [6.45, 7) is 0. The third-order valence-electron chi connectivity index (χ3n) is 6.43. The molecular weight excluding hydrogens is 391 g/mol. The number of benzene rings is 3. The molecule has 1 heteroatoms. The van der Waals surface area contributed by atoms with Crippen LogP contribution in [0.4, 0.5) is 0 Å². The molecule has 0 aromatic heterocycles. The van der Waals surface area contributed by atoms with Gasteiger partial charge in [0.05, 0.1) is 0 Å². The zero-order valence-corrected chi connectivity index (χ0v) is 20.2. The molecule has 0 heterocycles. The van der Waals surface area contributed by atoms with Crippen molar-refractivity contribution in [1.29, 1.82) is 0 Å². The minimum atomic E-state index is 0.254. The van der Waals surface area contributed by atoms with Gasteiger partial charge >= 0.3 is 0 Å². The summed E-state index contributed by atoms with van der Waals surface area (Å²) in [7, 11) is 2.86. The highest BCUT2D eigenvalue weighted by atomic mass is 31.0. The molecule has 0 aliphatic rings. The fourth-order valence-corrected chi connectivity index (χ4v) is 5.18. The van der Waals surface area contributed by atoms with Crippen molar-refractivity contribution in [2.24, 2.45) is 5.41 Å². The second-order valence-electron chi connectivity index (χ2n) is 9.15. The SMILES string of the molecule is PCCCCCCCCC(Cc1ccccc1)(Cc1ccccc1)Cc1ccccc1. The molecule has 0 saturated heterocycles. The van der Waals surface area contributed by atoms with Gasteiger partial charge in [0.2, 0.25) is 0 Å². The number of hydrogen-bond donors (Lipinski definition) is 0. The van der Waals surface area contributed by atoms with Crippen LogP contribution in [0.1, 0.15) is 61.6 Å². The molecule has 0 saturated carbocycles. The Hall–Kier alpha value is -1.91. The van der Waals surface area contributed by atoms with E-state index in [1.165, 1.54) is 67.8 Å². The summed E-state index contributed by atoms with van der Waals surface area (Å²) in [6, 6.07) is 33.4. The maximum Gasteiger partial charge on any atom is -0.0176 e. The first-order chi connectivity index (χ1) is 15.3. The summed E-state index contributed by atoms with van der Waals surface area (Å²) >= 11 is 0. The topological polar surface area (TPSA) is 0 Å². The highest BCUT2D eigenvalue weighted by Crippen LogP contribution is 2.37. The Labute approximate surface area is 192 Å². The van der Waals surface area contributed by atoms with Crippen LogP contribution in [-0.2, 0) is 19.3 Å². The molecule has 3 rings (SSSR count). The lowest BCUT2D eigenvalue weighted by Gasteiger charge is -2.35. The van der Waals surface area contributed by atoms with Crippen LogP contribution in [0.25, 0.3) is 0 Å². The van der Waals surface area contributed by atoms with Gasteiger partial charge in [-0.25, -0.2) is 0 Å². The number of hydrogen-bond acceptors (Lipinski definition) is 0. The van der Waals surface area contributed by atoms with E-state index in [1.54, 1.807) is 0 Å². The van der Waals surface area contributed by atoms with Crippen molar-refractivity contribution < 1.29 is 0 Å². The minimum absolute atomic E-state index is 0.254. The van der Waals surface area contributed by atoms with Gasteiger partial charge in [-0.3, -0.25) is 0 Å². The van der Waals surface area contributed by atoms with Crippen LogP contribution in [0.15, 0.2) is 91.0 Å². The second kappa shape index (κ2) is 13.5. The Morgan fingerprint density at radius 1 is 0.452 bits per heavy atom. The molecule has 164 valence electrons. The van der Waals surface area contributed by atoms with Gasteiger partial charge in [0.25, 0.3) is 0 Å². The van der Waals surface area contributed by atoms with Crippen molar-refractivity contribution in [3.05, 3.63) is 108 Å². The molecule has 3 aromatic carbocycles. The molecule has 0 aliphatic carbocycles. The van der Waals surface area contributed by atoms with Crippen molar-refractivity contribution in [3.8, 4) is 0 Å². The Morgan fingerprint density at radius 2 is 0.806 bits per heavy atom. The minimum Gasteiger partial charge on any atom is -0.138 e. The van der Waals surface area contributed by atoms with Crippen LogP contribution in [0.2, 0.25) is 0 Å². The van der Waals surface area contributed by atoms with Crippen molar-refractivity contribution in [3.63, 3.8) is 0 Å². The van der Waals surface area contributed by atoms with Gasteiger partial charge in [-0.2, -0.15) is 0 Å². The Balaban J connectivity index is 1.78. The van der Waals surface area contributed by atoms with E-state index in [-0.39, 0.29) is 5.41 Å². The lowest BCUT2D eigenvalue weighted by molar-refractivity contribution is 0.243. The quantitative estimate of drug-likeness (QED) is 0.178. The Kier molecular flexibility index (Phi) is 10.3. The maximum atomic E-state index is 2.86. The predicted molar refractivity (Wildman–Crippen MR) is 140 cm³/mol. The van der Waals surface area contributed by atoms with E-state index in [1.807, 2.05) is 0 Å². The highest BCUT2D eigenvalue weighted by Gasteiger charge is 2.30. The van der Waals surface area contributed by atoms with Gasteiger partial charge in [0.15, 0.2) is 0 Å². The van der Waals surface area contributed by atoms with E-state index >= 15 is 0 Å². The molecule has 3 aromatic rings. The smallest absolute Gasteiger partial charge is 0.0176 e. The lowest BCUT2D eigenvalue weighted by Crippen LogP contribution is -2.30. The first kappa shape index (κ1) is 23.7. The van der Waals surface area contributed by atoms with Gasteiger partial charge in [-0.15, -0.1) is 9.24 Å². The monoisotopic (exact) mass is 430 g/mol.